The van der Waals surface area contributed by atoms with Crippen molar-refractivity contribution in [2.45, 2.75) is 6.42 Å². The highest BCUT2D eigenvalue weighted by atomic mass is 35.5. The molecule has 6 nitrogen and oxygen atoms in total. The molecule has 0 unspecified atom stereocenters. The van der Waals surface area contributed by atoms with Crippen LogP contribution in [-0.4, -0.2) is 27.4 Å². The predicted octanol–water partition coefficient (Wildman–Crippen LogP) is 3.86. The van der Waals surface area contributed by atoms with Crippen LogP contribution in [0.25, 0.3) is 0 Å². The molecule has 0 spiro atoms. The second kappa shape index (κ2) is 7.59. The molecule has 4 N–H and O–H groups in total. The number of H-pyrrole nitrogens is 1. The molecule has 0 saturated heterocycles. The summed E-state index contributed by atoms with van der Waals surface area (Å²) in [5.41, 5.74) is 7.41. The number of halogens is 2. The molecule has 1 amide bonds. The van der Waals surface area contributed by atoms with Crippen molar-refractivity contribution in [1.82, 2.24) is 10.2 Å². The van der Waals surface area contributed by atoms with E-state index < -0.39 is 5.91 Å². The van der Waals surface area contributed by atoms with Gasteiger partial charge in [-0.25, -0.2) is 4.99 Å². The predicted molar refractivity (Wildman–Crippen MR) is 102 cm³/mol. The van der Waals surface area contributed by atoms with Gasteiger partial charge in [-0.15, -0.1) is 0 Å². The molecule has 132 valence electrons. The number of aromatic amines is 1. The van der Waals surface area contributed by atoms with E-state index in [1.807, 2.05) is 12.1 Å². The zero-order valence-electron chi connectivity index (χ0n) is 13.4. The first kappa shape index (κ1) is 18.0. The molecule has 2 aromatic carbocycles. The second-order valence-corrected chi connectivity index (χ2v) is 6.35. The number of benzene rings is 2. The first-order valence-corrected chi connectivity index (χ1v) is 8.34. The molecule has 0 aliphatic heterocycles. The molecule has 0 radical (unpaired) electrons. The summed E-state index contributed by atoms with van der Waals surface area (Å²) in [5, 5.41) is 17.6. The van der Waals surface area contributed by atoms with Crippen molar-refractivity contribution in [3.63, 3.8) is 0 Å². The Morgan fingerprint density at radius 2 is 2.04 bits per heavy atom. The van der Waals surface area contributed by atoms with Crippen LogP contribution in [0.15, 0.2) is 47.5 Å². The van der Waals surface area contributed by atoms with Gasteiger partial charge in [0.2, 0.25) is 0 Å². The Balaban J connectivity index is 1.95. The molecule has 0 saturated carbocycles. The molecular formula is C18H14Cl2N4O2. The summed E-state index contributed by atoms with van der Waals surface area (Å²) in [4.78, 5) is 16.1. The number of aromatic hydroxyl groups is 1. The number of nitrogens with zero attached hydrogens (tertiary/aromatic N) is 2. The number of carbonyl (C=O) groups excluding carboxylic acids is 1. The van der Waals surface area contributed by atoms with Crippen LogP contribution in [0.2, 0.25) is 10.0 Å². The molecule has 3 rings (SSSR count). The van der Waals surface area contributed by atoms with Crippen molar-refractivity contribution in [3.8, 4) is 5.75 Å². The molecule has 26 heavy (non-hydrogen) atoms. The number of hydrogen-bond acceptors (Lipinski definition) is 4. The average Bonchev–Trinajstić information content (AvgIpc) is 2.97. The lowest BCUT2D eigenvalue weighted by Gasteiger charge is -2.02. The van der Waals surface area contributed by atoms with Gasteiger partial charge < -0.3 is 10.8 Å². The van der Waals surface area contributed by atoms with Gasteiger partial charge in [0, 0.05) is 17.7 Å². The van der Waals surface area contributed by atoms with Crippen LogP contribution in [0.3, 0.4) is 0 Å². The summed E-state index contributed by atoms with van der Waals surface area (Å²) in [6, 6.07) is 12.0. The highest BCUT2D eigenvalue weighted by Gasteiger charge is 2.18. The maximum atomic E-state index is 11.9. The van der Waals surface area contributed by atoms with Crippen molar-refractivity contribution in [3.05, 3.63) is 74.9 Å². The van der Waals surface area contributed by atoms with Crippen molar-refractivity contribution in [2.24, 2.45) is 10.7 Å². The summed E-state index contributed by atoms with van der Waals surface area (Å²) in [6.45, 7) is 0. The molecular weight excluding hydrogens is 375 g/mol. The summed E-state index contributed by atoms with van der Waals surface area (Å²) < 4.78 is 0. The van der Waals surface area contributed by atoms with E-state index in [-0.39, 0.29) is 17.1 Å². The molecule has 0 aliphatic rings. The van der Waals surface area contributed by atoms with Gasteiger partial charge in [-0.1, -0.05) is 41.4 Å². The van der Waals surface area contributed by atoms with Crippen LogP contribution >= 0.6 is 23.2 Å². The number of aliphatic imine (C=N–C) groups is 1. The molecule has 0 atom stereocenters. The third-order valence-corrected chi connectivity index (χ3v) is 4.25. The van der Waals surface area contributed by atoms with Gasteiger partial charge in [-0.3, -0.25) is 9.89 Å². The van der Waals surface area contributed by atoms with Crippen molar-refractivity contribution < 1.29 is 9.90 Å². The van der Waals surface area contributed by atoms with Crippen LogP contribution < -0.4 is 5.73 Å². The number of aromatic nitrogens is 2. The van der Waals surface area contributed by atoms with E-state index in [0.29, 0.717) is 27.7 Å². The lowest BCUT2D eigenvalue weighted by molar-refractivity contribution is 0.100. The Morgan fingerprint density at radius 3 is 2.73 bits per heavy atom. The first-order valence-electron chi connectivity index (χ1n) is 7.58. The van der Waals surface area contributed by atoms with E-state index in [1.54, 1.807) is 24.3 Å². The second-order valence-electron chi connectivity index (χ2n) is 5.50. The average molecular weight is 389 g/mol. The summed E-state index contributed by atoms with van der Waals surface area (Å²) in [7, 11) is 0. The lowest BCUT2D eigenvalue weighted by Crippen LogP contribution is -2.13. The first-order chi connectivity index (χ1) is 12.5. The Kier molecular flexibility index (Phi) is 5.25. The normalized spacial score (nSPS) is 11.2. The summed E-state index contributed by atoms with van der Waals surface area (Å²) in [5.74, 6) is -0.572. The molecule has 1 aromatic heterocycles. The Labute approximate surface area is 159 Å². The summed E-state index contributed by atoms with van der Waals surface area (Å²) >= 11 is 12.0. The fraction of sp³-hybridized carbons (Fsp3) is 0.0556. The van der Waals surface area contributed by atoms with Gasteiger partial charge in [-0.05, 0) is 29.8 Å². The third kappa shape index (κ3) is 3.87. The Bertz CT molecular complexity index is 978. The number of rotatable bonds is 5. The molecule has 0 aliphatic carbocycles. The third-order valence-electron chi connectivity index (χ3n) is 3.68. The van der Waals surface area contributed by atoms with E-state index in [2.05, 4.69) is 15.2 Å². The standard InChI is InChI=1S/C18H14Cl2N4O2/c19-11-4-1-3-10(7-11)8-14-16(17(21)26)18(24-23-14)22-9-12-13(20)5-2-6-15(12)25/h1-7,9,25H,8H2,(H2,21,26)(H,23,24). The zero-order chi connectivity index (χ0) is 18.7. The smallest absolute Gasteiger partial charge is 0.254 e. The van der Waals surface area contributed by atoms with E-state index in [4.69, 9.17) is 28.9 Å². The van der Waals surface area contributed by atoms with Gasteiger partial charge in [0.1, 0.15) is 11.3 Å². The van der Waals surface area contributed by atoms with Crippen molar-refractivity contribution in [1.29, 1.82) is 0 Å². The van der Waals surface area contributed by atoms with Crippen LogP contribution in [0, 0.1) is 0 Å². The number of nitrogens with two attached hydrogens (primary N) is 1. The van der Waals surface area contributed by atoms with Crippen LogP contribution in [0.4, 0.5) is 5.82 Å². The van der Waals surface area contributed by atoms with Crippen molar-refractivity contribution in [2.75, 3.05) is 0 Å². The number of amides is 1. The van der Waals surface area contributed by atoms with E-state index in [0.717, 1.165) is 5.56 Å². The van der Waals surface area contributed by atoms with Gasteiger partial charge >= 0.3 is 0 Å². The minimum Gasteiger partial charge on any atom is -0.507 e. The summed E-state index contributed by atoms with van der Waals surface area (Å²) in [6.07, 6.45) is 1.72. The monoisotopic (exact) mass is 388 g/mol. The maximum Gasteiger partial charge on any atom is 0.254 e. The van der Waals surface area contributed by atoms with E-state index >= 15 is 0 Å². The number of phenolic OH excluding ortho intramolecular Hbond substituents is 1. The molecule has 0 fully saturated rings. The number of phenols is 1. The van der Waals surface area contributed by atoms with Gasteiger partial charge in [-0.2, -0.15) is 5.10 Å². The Morgan fingerprint density at radius 1 is 1.27 bits per heavy atom. The Hall–Kier alpha value is -2.83. The topological polar surface area (TPSA) is 104 Å². The maximum absolute atomic E-state index is 11.9. The number of carbonyl (C=O) groups is 1. The SMILES string of the molecule is NC(=O)c1c(N=Cc2c(O)cccc2Cl)n[nH]c1Cc1cccc(Cl)c1. The van der Waals surface area contributed by atoms with Crippen molar-refractivity contribution >= 4 is 41.1 Å². The highest BCUT2D eigenvalue weighted by Crippen LogP contribution is 2.26. The highest BCUT2D eigenvalue weighted by molar-refractivity contribution is 6.33. The van der Waals surface area contributed by atoms with Crippen LogP contribution in [0.1, 0.15) is 27.2 Å². The minimum absolute atomic E-state index is 0.0310. The minimum atomic E-state index is -0.661. The number of nitrogens with one attached hydrogen (secondary N) is 1. The molecule has 1 heterocycles. The van der Waals surface area contributed by atoms with Gasteiger partial charge in [0.05, 0.1) is 16.3 Å². The fourth-order valence-corrected chi connectivity index (χ4v) is 2.91. The molecule has 0 bridgehead atoms. The molecule has 3 aromatic rings. The van der Waals surface area contributed by atoms with Gasteiger partial charge in [0.15, 0.2) is 5.82 Å². The fourth-order valence-electron chi connectivity index (χ4n) is 2.48. The van der Waals surface area contributed by atoms with E-state index in [1.165, 1.54) is 12.3 Å². The largest absolute Gasteiger partial charge is 0.507 e. The zero-order valence-corrected chi connectivity index (χ0v) is 14.9. The van der Waals surface area contributed by atoms with E-state index in [9.17, 15) is 9.90 Å². The van der Waals surface area contributed by atoms with Crippen LogP contribution in [0.5, 0.6) is 5.75 Å². The number of primary amides is 1. The molecule has 8 heteroatoms. The number of hydrogen-bond donors (Lipinski definition) is 3. The van der Waals surface area contributed by atoms with Gasteiger partial charge in [0.25, 0.3) is 5.91 Å². The lowest BCUT2D eigenvalue weighted by atomic mass is 10.1. The quantitative estimate of drug-likeness (QED) is 0.577. The van der Waals surface area contributed by atoms with Crippen LogP contribution in [-0.2, 0) is 6.42 Å².